The van der Waals surface area contributed by atoms with E-state index in [1.54, 1.807) is 11.8 Å². The molecule has 0 bridgehead atoms. The third-order valence-corrected chi connectivity index (χ3v) is 8.99. The van der Waals surface area contributed by atoms with Crippen LogP contribution in [0.1, 0.15) is 27.7 Å². The normalized spacial score (nSPS) is 14.8. The molecular weight excluding hydrogens is 268 g/mol. The van der Waals surface area contributed by atoms with E-state index in [0.29, 0.717) is 0 Å². The van der Waals surface area contributed by atoms with Crippen molar-refractivity contribution in [3.05, 3.63) is 41.8 Å². The molecule has 106 valence electrons. The summed E-state index contributed by atoms with van der Waals surface area (Å²) in [5, 5.41) is 2.40. The van der Waals surface area contributed by atoms with Gasteiger partial charge in [-0.25, -0.2) is 0 Å². The van der Waals surface area contributed by atoms with Crippen LogP contribution in [-0.4, -0.2) is 14.4 Å². The smallest absolute Gasteiger partial charge is 0.192 e. The van der Waals surface area contributed by atoms with E-state index in [-0.39, 0.29) is 11.1 Å². The average molecular weight is 295 g/mol. The van der Waals surface area contributed by atoms with Crippen LogP contribution < -0.4 is 0 Å². The second-order valence-corrected chi connectivity index (χ2v) is 12.1. The van der Waals surface area contributed by atoms with Crippen molar-refractivity contribution in [2.75, 3.05) is 0 Å². The molecule has 1 nitrogen and oxygen atoms in total. The first-order valence-corrected chi connectivity index (χ1v) is 10.6. The van der Waals surface area contributed by atoms with E-state index in [0.717, 1.165) is 0 Å². The van der Waals surface area contributed by atoms with Crippen molar-refractivity contribution < 1.29 is 4.43 Å². The standard InChI is InChI=1S/C16H26OSSi/c1-14(17-19(5,6)16(2,3)4)12-13-18-15-10-8-7-9-11-15/h7-14H,1-6H3/b13-12+. The highest BCUT2D eigenvalue weighted by atomic mass is 32.2. The Bertz CT molecular complexity index is 407. The van der Waals surface area contributed by atoms with Crippen molar-refractivity contribution in [3.8, 4) is 0 Å². The van der Waals surface area contributed by atoms with Crippen LogP contribution in [0.15, 0.2) is 46.7 Å². The average Bonchev–Trinajstić information content (AvgIpc) is 2.28. The van der Waals surface area contributed by atoms with Gasteiger partial charge in [-0.15, -0.1) is 0 Å². The van der Waals surface area contributed by atoms with Crippen LogP contribution in [0.3, 0.4) is 0 Å². The minimum Gasteiger partial charge on any atom is -0.411 e. The molecular formula is C16H26OSSi. The molecule has 1 atom stereocenters. The van der Waals surface area contributed by atoms with Crippen LogP contribution in [0.25, 0.3) is 0 Å². The molecule has 0 spiro atoms. The highest BCUT2D eigenvalue weighted by Gasteiger charge is 2.37. The molecule has 0 saturated heterocycles. The lowest BCUT2D eigenvalue weighted by Gasteiger charge is -2.37. The number of hydrogen-bond donors (Lipinski definition) is 0. The summed E-state index contributed by atoms with van der Waals surface area (Å²) in [7, 11) is -1.66. The molecule has 1 rings (SSSR count). The SMILES string of the molecule is CC(/C=C/Sc1ccccc1)O[Si](C)(C)C(C)(C)C. The fourth-order valence-electron chi connectivity index (χ4n) is 1.41. The van der Waals surface area contributed by atoms with E-state index in [9.17, 15) is 0 Å². The number of thioether (sulfide) groups is 1. The first kappa shape index (κ1) is 16.5. The Hall–Kier alpha value is -0.513. The molecule has 0 amide bonds. The Labute approximate surface area is 123 Å². The fraction of sp³-hybridized carbons (Fsp3) is 0.500. The summed E-state index contributed by atoms with van der Waals surface area (Å²) >= 11 is 1.74. The molecule has 19 heavy (non-hydrogen) atoms. The largest absolute Gasteiger partial charge is 0.411 e. The van der Waals surface area contributed by atoms with Crippen LogP contribution in [0, 0.1) is 0 Å². The van der Waals surface area contributed by atoms with Crippen LogP contribution in [0.5, 0.6) is 0 Å². The van der Waals surface area contributed by atoms with Gasteiger partial charge in [0.2, 0.25) is 0 Å². The Morgan fingerprint density at radius 2 is 1.74 bits per heavy atom. The van der Waals surface area contributed by atoms with Gasteiger partial charge in [0, 0.05) is 4.90 Å². The van der Waals surface area contributed by atoms with Crippen molar-refractivity contribution in [1.82, 2.24) is 0 Å². The van der Waals surface area contributed by atoms with E-state index >= 15 is 0 Å². The summed E-state index contributed by atoms with van der Waals surface area (Å²) in [6.45, 7) is 13.5. The molecule has 0 heterocycles. The molecule has 0 aromatic heterocycles. The van der Waals surface area contributed by atoms with Gasteiger partial charge in [-0.1, -0.05) is 56.8 Å². The zero-order valence-corrected chi connectivity index (χ0v) is 14.8. The lowest BCUT2D eigenvalue weighted by Crippen LogP contribution is -2.42. The molecule has 0 aliphatic heterocycles. The van der Waals surface area contributed by atoms with Gasteiger partial charge in [-0.2, -0.15) is 0 Å². The zero-order chi connectivity index (χ0) is 14.5. The molecule has 3 heteroatoms. The van der Waals surface area contributed by atoms with Crippen molar-refractivity contribution in [1.29, 1.82) is 0 Å². The summed E-state index contributed by atoms with van der Waals surface area (Å²) in [6, 6.07) is 10.4. The minimum atomic E-state index is -1.66. The van der Waals surface area contributed by atoms with Gasteiger partial charge in [0.25, 0.3) is 0 Å². The van der Waals surface area contributed by atoms with Crippen molar-refractivity contribution in [3.63, 3.8) is 0 Å². The molecule has 0 aliphatic rings. The van der Waals surface area contributed by atoms with Gasteiger partial charge < -0.3 is 4.43 Å². The quantitative estimate of drug-likeness (QED) is 0.508. The summed E-state index contributed by atoms with van der Waals surface area (Å²) in [5.74, 6) is 0. The topological polar surface area (TPSA) is 9.23 Å². The maximum Gasteiger partial charge on any atom is 0.192 e. The molecule has 0 fully saturated rings. The number of benzene rings is 1. The highest BCUT2D eigenvalue weighted by molar-refractivity contribution is 8.02. The van der Waals surface area contributed by atoms with Gasteiger partial charge in [-0.05, 0) is 42.6 Å². The predicted molar refractivity (Wildman–Crippen MR) is 89.2 cm³/mol. The molecule has 1 aromatic rings. The Kier molecular flexibility index (Phi) is 5.90. The first-order valence-electron chi connectivity index (χ1n) is 6.78. The third kappa shape index (κ3) is 5.55. The summed E-state index contributed by atoms with van der Waals surface area (Å²) in [5.41, 5.74) is 0. The maximum atomic E-state index is 6.28. The van der Waals surface area contributed by atoms with Gasteiger partial charge >= 0.3 is 0 Å². The van der Waals surface area contributed by atoms with E-state index in [2.05, 4.69) is 76.5 Å². The van der Waals surface area contributed by atoms with E-state index in [1.807, 2.05) is 6.07 Å². The lowest BCUT2D eigenvalue weighted by atomic mass is 10.2. The van der Waals surface area contributed by atoms with Crippen molar-refractivity contribution >= 4 is 20.1 Å². The first-order chi connectivity index (χ1) is 8.72. The molecule has 0 aliphatic carbocycles. The van der Waals surface area contributed by atoms with Gasteiger partial charge in [0.05, 0.1) is 6.10 Å². The predicted octanol–water partition coefficient (Wildman–Crippen LogP) is 5.70. The van der Waals surface area contributed by atoms with Gasteiger partial charge in [-0.3, -0.25) is 0 Å². The molecule has 0 N–H and O–H groups in total. The Morgan fingerprint density at radius 1 is 1.16 bits per heavy atom. The van der Waals surface area contributed by atoms with Crippen molar-refractivity contribution in [2.45, 2.75) is 56.8 Å². The Balaban J connectivity index is 2.50. The second-order valence-electron chi connectivity index (χ2n) is 6.34. The maximum absolute atomic E-state index is 6.28. The second kappa shape index (κ2) is 6.78. The van der Waals surface area contributed by atoms with Crippen LogP contribution >= 0.6 is 11.8 Å². The summed E-state index contributed by atoms with van der Waals surface area (Å²) in [6.07, 6.45) is 2.33. The summed E-state index contributed by atoms with van der Waals surface area (Å²) < 4.78 is 6.28. The fourth-order valence-corrected chi connectivity index (χ4v) is 3.54. The lowest BCUT2D eigenvalue weighted by molar-refractivity contribution is 0.243. The Morgan fingerprint density at radius 3 is 2.26 bits per heavy atom. The van der Waals surface area contributed by atoms with Crippen LogP contribution in [0.2, 0.25) is 18.1 Å². The zero-order valence-electron chi connectivity index (χ0n) is 12.9. The molecule has 0 saturated carbocycles. The highest BCUT2D eigenvalue weighted by Crippen LogP contribution is 2.37. The van der Waals surface area contributed by atoms with E-state index < -0.39 is 8.32 Å². The number of hydrogen-bond acceptors (Lipinski definition) is 2. The molecule has 1 aromatic carbocycles. The van der Waals surface area contributed by atoms with Crippen LogP contribution in [-0.2, 0) is 4.43 Å². The minimum absolute atomic E-state index is 0.178. The van der Waals surface area contributed by atoms with E-state index in [1.165, 1.54) is 4.90 Å². The number of rotatable bonds is 5. The summed E-state index contributed by atoms with van der Waals surface area (Å²) in [4.78, 5) is 1.26. The van der Waals surface area contributed by atoms with Gasteiger partial charge in [0.1, 0.15) is 0 Å². The molecule has 1 unspecified atom stereocenters. The monoisotopic (exact) mass is 294 g/mol. The third-order valence-electron chi connectivity index (χ3n) is 3.58. The van der Waals surface area contributed by atoms with Gasteiger partial charge in [0.15, 0.2) is 8.32 Å². The van der Waals surface area contributed by atoms with E-state index in [4.69, 9.17) is 4.43 Å². The van der Waals surface area contributed by atoms with Crippen molar-refractivity contribution in [2.24, 2.45) is 0 Å². The van der Waals surface area contributed by atoms with Crippen LogP contribution in [0.4, 0.5) is 0 Å². The molecule has 0 radical (unpaired) electrons.